The van der Waals surface area contributed by atoms with Crippen LogP contribution in [0.3, 0.4) is 0 Å². The molecule has 0 radical (unpaired) electrons. The largest absolute Gasteiger partial charge is 0.354 e. The van der Waals surface area contributed by atoms with Gasteiger partial charge in [0, 0.05) is 25.0 Å². The van der Waals surface area contributed by atoms with E-state index in [2.05, 4.69) is 15.3 Å². The summed E-state index contributed by atoms with van der Waals surface area (Å²) < 4.78 is 0. The molecule has 1 aliphatic carbocycles. The van der Waals surface area contributed by atoms with Crippen molar-refractivity contribution >= 4 is 5.95 Å². The van der Waals surface area contributed by atoms with Crippen molar-refractivity contribution in [3.8, 4) is 0 Å². The predicted molar refractivity (Wildman–Crippen MR) is 60.5 cm³/mol. The van der Waals surface area contributed by atoms with Gasteiger partial charge in [0.05, 0.1) is 0 Å². The van der Waals surface area contributed by atoms with Gasteiger partial charge < -0.3 is 11.1 Å². The normalized spacial score (nSPS) is 26.2. The maximum absolute atomic E-state index is 5.86. The van der Waals surface area contributed by atoms with Crippen molar-refractivity contribution in [2.45, 2.75) is 31.7 Å². The van der Waals surface area contributed by atoms with Crippen molar-refractivity contribution in [3.63, 3.8) is 0 Å². The van der Waals surface area contributed by atoms with Gasteiger partial charge >= 0.3 is 0 Å². The third-order valence-electron chi connectivity index (χ3n) is 3.01. The SMILES string of the molecule is N[C@H]1CC[C@H](CNc2ncccn2)CC1. The number of nitrogens with one attached hydrogen (secondary N) is 1. The lowest BCUT2D eigenvalue weighted by Gasteiger charge is -2.25. The second kappa shape index (κ2) is 5.07. The van der Waals surface area contributed by atoms with E-state index in [0.717, 1.165) is 31.3 Å². The zero-order valence-corrected chi connectivity index (χ0v) is 8.89. The highest BCUT2D eigenvalue weighted by atomic mass is 15.1. The fourth-order valence-electron chi connectivity index (χ4n) is 2.02. The highest BCUT2D eigenvalue weighted by Crippen LogP contribution is 2.22. The Labute approximate surface area is 90.3 Å². The van der Waals surface area contributed by atoms with Crippen LogP contribution in [0.25, 0.3) is 0 Å². The summed E-state index contributed by atoms with van der Waals surface area (Å²) in [5, 5.41) is 3.27. The van der Waals surface area contributed by atoms with E-state index in [4.69, 9.17) is 5.73 Å². The molecule has 1 fully saturated rings. The molecule has 0 aromatic carbocycles. The molecule has 1 aromatic heterocycles. The van der Waals surface area contributed by atoms with E-state index in [1.54, 1.807) is 12.4 Å². The number of nitrogens with zero attached hydrogens (tertiary/aromatic N) is 2. The zero-order chi connectivity index (χ0) is 10.5. The molecule has 15 heavy (non-hydrogen) atoms. The smallest absolute Gasteiger partial charge is 0.222 e. The molecule has 0 unspecified atom stereocenters. The van der Waals surface area contributed by atoms with Gasteiger partial charge in [-0.15, -0.1) is 0 Å². The molecule has 4 nitrogen and oxygen atoms in total. The fourth-order valence-corrected chi connectivity index (χ4v) is 2.02. The summed E-state index contributed by atoms with van der Waals surface area (Å²) in [7, 11) is 0. The summed E-state index contributed by atoms with van der Waals surface area (Å²) in [4.78, 5) is 8.26. The Kier molecular flexibility index (Phi) is 3.50. The van der Waals surface area contributed by atoms with Crippen LogP contribution in [0.4, 0.5) is 5.95 Å². The highest BCUT2D eigenvalue weighted by molar-refractivity contribution is 5.21. The van der Waals surface area contributed by atoms with E-state index in [1.807, 2.05) is 6.07 Å². The van der Waals surface area contributed by atoms with E-state index in [9.17, 15) is 0 Å². The monoisotopic (exact) mass is 206 g/mol. The van der Waals surface area contributed by atoms with Crippen LogP contribution in [0.2, 0.25) is 0 Å². The van der Waals surface area contributed by atoms with Crippen LogP contribution in [-0.2, 0) is 0 Å². The molecule has 0 aliphatic heterocycles. The molecule has 82 valence electrons. The molecular formula is C11H18N4. The Balaban J connectivity index is 1.74. The lowest BCUT2D eigenvalue weighted by molar-refractivity contribution is 0.338. The molecule has 2 rings (SSSR count). The Hall–Kier alpha value is -1.16. The Bertz CT molecular complexity index is 280. The van der Waals surface area contributed by atoms with Crippen LogP contribution in [0.1, 0.15) is 25.7 Å². The Morgan fingerprint density at radius 3 is 2.53 bits per heavy atom. The summed E-state index contributed by atoms with van der Waals surface area (Å²) in [6, 6.07) is 2.25. The van der Waals surface area contributed by atoms with Crippen LogP contribution in [0.15, 0.2) is 18.5 Å². The van der Waals surface area contributed by atoms with Gasteiger partial charge in [-0.2, -0.15) is 0 Å². The second-order valence-corrected chi connectivity index (χ2v) is 4.23. The van der Waals surface area contributed by atoms with E-state index in [1.165, 1.54) is 12.8 Å². The third-order valence-corrected chi connectivity index (χ3v) is 3.01. The van der Waals surface area contributed by atoms with E-state index in [0.29, 0.717) is 6.04 Å². The molecule has 0 saturated heterocycles. The van der Waals surface area contributed by atoms with Gasteiger partial charge in [0.15, 0.2) is 0 Å². The Morgan fingerprint density at radius 1 is 1.20 bits per heavy atom. The van der Waals surface area contributed by atoms with Crippen LogP contribution in [0, 0.1) is 5.92 Å². The minimum absolute atomic E-state index is 0.425. The summed E-state index contributed by atoms with van der Waals surface area (Å²) in [5.41, 5.74) is 5.86. The molecule has 0 spiro atoms. The summed E-state index contributed by atoms with van der Waals surface area (Å²) in [5.74, 6) is 1.46. The molecule has 3 N–H and O–H groups in total. The van der Waals surface area contributed by atoms with Crippen LogP contribution >= 0.6 is 0 Å². The van der Waals surface area contributed by atoms with Crippen molar-refractivity contribution in [2.75, 3.05) is 11.9 Å². The quantitative estimate of drug-likeness (QED) is 0.784. The van der Waals surface area contributed by atoms with Crippen molar-refractivity contribution in [1.82, 2.24) is 9.97 Å². The van der Waals surface area contributed by atoms with Gasteiger partial charge in [0.2, 0.25) is 5.95 Å². The Morgan fingerprint density at radius 2 is 1.87 bits per heavy atom. The minimum atomic E-state index is 0.425. The van der Waals surface area contributed by atoms with Gasteiger partial charge in [-0.3, -0.25) is 0 Å². The minimum Gasteiger partial charge on any atom is -0.354 e. The maximum atomic E-state index is 5.86. The molecule has 1 saturated carbocycles. The summed E-state index contributed by atoms with van der Waals surface area (Å²) in [6.07, 6.45) is 8.27. The van der Waals surface area contributed by atoms with E-state index < -0.39 is 0 Å². The third kappa shape index (κ3) is 3.16. The van der Waals surface area contributed by atoms with Crippen molar-refractivity contribution in [1.29, 1.82) is 0 Å². The highest BCUT2D eigenvalue weighted by Gasteiger charge is 2.18. The zero-order valence-electron chi connectivity index (χ0n) is 8.89. The first-order valence-electron chi connectivity index (χ1n) is 5.61. The molecule has 1 aliphatic rings. The van der Waals surface area contributed by atoms with Crippen LogP contribution < -0.4 is 11.1 Å². The fraction of sp³-hybridized carbons (Fsp3) is 0.636. The summed E-state index contributed by atoms with van der Waals surface area (Å²) in [6.45, 7) is 0.969. The average Bonchev–Trinajstić information content (AvgIpc) is 2.30. The van der Waals surface area contributed by atoms with Gasteiger partial charge in [-0.25, -0.2) is 9.97 Å². The molecular weight excluding hydrogens is 188 g/mol. The molecule has 0 atom stereocenters. The van der Waals surface area contributed by atoms with Crippen LogP contribution in [0.5, 0.6) is 0 Å². The van der Waals surface area contributed by atoms with Crippen LogP contribution in [-0.4, -0.2) is 22.6 Å². The van der Waals surface area contributed by atoms with Gasteiger partial charge in [-0.1, -0.05) is 0 Å². The number of hydrogen-bond donors (Lipinski definition) is 2. The first-order chi connectivity index (χ1) is 7.34. The van der Waals surface area contributed by atoms with E-state index in [-0.39, 0.29) is 0 Å². The standard InChI is InChI=1S/C11H18N4/c12-10-4-2-9(3-5-10)8-15-11-13-6-1-7-14-11/h1,6-7,9-10H,2-5,8,12H2,(H,13,14,15)/t9-,10-. The van der Waals surface area contributed by atoms with Gasteiger partial charge in [0.25, 0.3) is 0 Å². The summed E-state index contributed by atoms with van der Waals surface area (Å²) >= 11 is 0. The molecule has 1 aromatic rings. The lowest BCUT2D eigenvalue weighted by Crippen LogP contribution is -2.29. The van der Waals surface area contributed by atoms with Crippen molar-refractivity contribution in [3.05, 3.63) is 18.5 Å². The predicted octanol–water partition coefficient (Wildman–Crippen LogP) is 1.41. The van der Waals surface area contributed by atoms with Crippen molar-refractivity contribution in [2.24, 2.45) is 11.7 Å². The van der Waals surface area contributed by atoms with Crippen molar-refractivity contribution < 1.29 is 0 Å². The number of aromatic nitrogens is 2. The second-order valence-electron chi connectivity index (χ2n) is 4.23. The number of rotatable bonds is 3. The number of hydrogen-bond acceptors (Lipinski definition) is 4. The maximum Gasteiger partial charge on any atom is 0.222 e. The first kappa shape index (κ1) is 10.4. The van der Waals surface area contributed by atoms with E-state index >= 15 is 0 Å². The molecule has 0 bridgehead atoms. The number of nitrogens with two attached hydrogens (primary N) is 1. The topological polar surface area (TPSA) is 63.8 Å². The van der Waals surface area contributed by atoms with Gasteiger partial charge in [0.1, 0.15) is 0 Å². The molecule has 4 heteroatoms. The first-order valence-corrected chi connectivity index (χ1v) is 5.61. The molecule has 1 heterocycles. The molecule has 0 amide bonds. The average molecular weight is 206 g/mol. The van der Waals surface area contributed by atoms with Gasteiger partial charge in [-0.05, 0) is 37.7 Å². The lowest BCUT2D eigenvalue weighted by atomic mass is 9.86. The number of anilines is 1.